The largest absolute Gasteiger partial charge is 0.433 e. The van der Waals surface area contributed by atoms with E-state index in [0.29, 0.717) is 0 Å². The summed E-state index contributed by atoms with van der Waals surface area (Å²) >= 11 is 0.917. The molecule has 2 heterocycles. The first-order valence-corrected chi connectivity index (χ1v) is 7.97. The molecule has 0 saturated heterocycles. The third-order valence-corrected chi connectivity index (χ3v) is 4.05. The lowest BCUT2D eigenvalue weighted by Crippen LogP contribution is -1.95. The van der Waals surface area contributed by atoms with Crippen molar-refractivity contribution >= 4 is 39.9 Å². The van der Waals surface area contributed by atoms with Crippen LogP contribution in [0.4, 0.5) is 22.4 Å². The van der Waals surface area contributed by atoms with Gasteiger partial charge in [-0.05, 0) is 12.1 Å². The Morgan fingerprint density at radius 2 is 1.82 bits per heavy atom. The van der Waals surface area contributed by atoms with E-state index < -0.39 is 32.0 Å². The fourth-order valence-electron chi connectivity index (χ4n) is 2.00. The van der Waals surface area contributed by atoms with Gasteiger partial charge in [0.1, 0.15) is 4.92 Å². The van der Waals surface area contributed by atoms with Crippen LogP contribution in [0.25, 0.3) is 10.6 Å². The number of anilines is 1. The standard InChI is InChI=1S/C13H7N7O7S/c21-18(22)7-1-3-9(10(5-7)19(23)24)12-15-17-13(28-12)16-14-6-8-2-4-11(27-8)20(25)26/h1-6H,(H,16,17)/b14-6-. The summed E-state index contributed by atoms with van der Waals surface area (Å²) in [6.07, 6.45) is 1.17. The van der Waals surface area contributed by atoms with Crippen LogP contribution in [0.3, 0.4) is 0 Å². The van der Waals surface area contributed by atoms with Gasteiger partial charge in [-0.15, -0.1) is 10.2 Å². The van der Waals surface area contributed by atoms with Crippen molar-refractivity contribution in [3.05, 3.63) is 66.4 Å². The topological polar surface area (TPSA) is 193 Å². The van der Waals surface area contributed by atoms with Crippen LogP contribution in [-0.2, 0) is 0 Å². The summed E-state index contributed by atoms with van der Waals surface area (Å²) in [6, 6.07) is 5.68. The number of furan rings is 1. The van der Waals surface area contributed by atoms with Gasteiger partial charge in [0, 0.05) is 6.07 Å². The van der Waals surface area contributed by atoms with Crippen molar-refractivity contribution in [2.75, 3.05) is 5.43 Å². The highest BCUT2D eigenvalue weighted by Gasteiger charge is 2.23. The monoisotopic (exact) mass is 405 g/mol. The van der Waals surface area contributed by atoms with E-state index in [2.05, 4.69) is 20.7 Å². The molecule has 3 aromatic rings. The third kappa shape index (κ3) is 3.93. The van der Waals surface area contributed by atoms with Gasteiger partial charge >= 0.3 is 5.88 Å². The number of nitro groups is 3. The molecule has 0 atom stereocenters. The number of hydrogen-bond acceptors (Lipinski definition) is 12. The maximum atomic E-state index is 11.2. The van der Waals surface area contributed by atoms with Crippen LogP contribution in [-0.4, -0.2) is 31.2 Å². The van der Waals surface area contributed by atoms with E-state index in [1.807, 2.05) is 0 Å². The van der Waals surface area contributed by atoms with Crippen molar-refractivity contribution in [1.29, 1.82) is 0 Å². The predicted molar refractivity (Wildman–Crippen MR) is 95.2 cm³/mol. The van der Waals surface area contributed by atoms with Gasteiger partial charge in [-0.25, -0.2) is 0 Å². The molecule has 2 aromatic heterocycles. The fourth-order valence-corrected chi connectivity index (χ4v) is 2.73. The summed E-state index contributed by atoms with van der Waals surface area (Å²) in [5.74, 6) is -0.319. The Labute approximate surface area is 157 Å². The average Bonchev–Trinajstić information content (AvgIpc) is 3.31. The van der Waals surface area contributed by atoms with Crippen LogP contribution in [0.5, 0.6) is 0 Å². The smallest absolute Gasteiger partial charge is 0.400 e. The number of non-ortho nitro benzene ring substituents is 1. The molecule has 28 heavy (non-hydrogen) atoms. The Balaban J connectivity index is 1.78. The molecule has 0 aliphatic carbocycles. The van der Waals surface area contributed by atoms with Crippen molar-refractivity contribution < 1.29 is 19.2 Å². The molecule has 0 aliphatic heterocycles. The minimum Gasteiger partial charge on any atom is -0.400 e. The summed E-state index contributed by atoms with van der Waals surface area (Å²) in [5.41, 5.74) is 1.66. The summed E-state index contributed by atoms with van der Waals surface area (Å²) in [5, 5.41) is 44.2. The van der Waals surface area contributed by atoms with Crippen LogP contribution in [0.2, 0.25) is 0 Å². The molecule has 15 heteroatoms. The first-order valence-electron chi connectivity index (χ1n) is 7.15. The Hall–Kier alpha value is -4.27. The molecule has 0 saturated carbocycles. The molecule has 0 radical (unpaired) electrons. The molecule has 0 spiro atoms. The van der Waals surface area contributed by atoms with Crippen molar-refractivity contribution in [3.8, 4) is 10.6 Å². The van der Waals surface area contributed by atoms with Crippen molar-refractivity contribution in [3.63, 3.8) is 0 Å². The van der Waals surface area contributed by atoms with Crippen LogP contribution in [0.15, 0.2) is 39.9 Å². The summed E-state index contributed by atoms with van der Waals surface area (Å²) in [7, 11) is 0. The Morgan fingerprint density at radius 1 is 1.04 bits per heavy atom. The quantitative estimate of drug-likeness (QED) is 0.347. The summed E-state index contributed by atoms with van der Waals surface area (Å²) < 4.78 is 4.88. The van der Waals surface area contributed by atoms with Gasteiger partial charge in [-0.1, -0.05) is 11.3 Å². The number of hydrazone groups is 1. The van der Waals surface area contributed by atoms with Gasteiger partial charge in [0.15, 0.2) is 10.8 Å². The van der Waals surface area contributed by atoms with Crippen LogP contribution in [0.1, 0.15) is 5.76 Å². The molecule has 0 fully saturated rings. The second kappa shape index (κ2) is 7.54. The molecular weight excluding hydrogens is 398 g/mol. The SMILES string of the molecule is O=[N+]([O-])c1ccc(-c2nnc(N/N=C\c3ccc([N+](=O)[O-])o3)s2)c([N+](=O)[O-])c1. The highest BCUT2D eigenvalue weighted by atomic mass is 32.1. The highest BCUT2D eigenvalue weighted by Crippen LogP contribution is 2.35. The lowest BCUT2D eigenvalue weighted by atomic mass is 10.1. The molecular formula is C13H7N7O7S. The normalized spacial score (nSPS) is 10.9. The van der Waals surface area contributed by atoms with E-state index in [1.165, 1.54) is 18.3 Å². The molecule has 0 unspecified atom stereocenters. The second-order valence-corrected chi connectivity index (χ2v) is 5.91. The van der Waals surface area contributed by atoms with E-state index in [1.54, 1.807) is 0 Å². The number of nitrogens with one attached hydrogen (secondary N) is 1. The first-order chi connectivity index (χ1) is 13.3. The van der Waals surface area contributed by atoms with Gasteiger partial charge in [-0.2, -0.15) is 5.10 Å². The lowest BCUT2D eigenvalue weighted by Gasteiger charge is -1.98. The predicted octanol–water partition coefficient (Wildman–Crippen LogP) is 2.97. The van der Waals surface area contributed by atoms with Crippen molar-refractivity contribution in [1.82, 2.24) is 10.2 Å². The Bertz CT molecular complexity index is 1110. The molecule has 14 nitrogen and oxygen atoms in total. The van der Waals surface area contributed by atoms with Crippen molar-refractivity contribution in [2.24, 2.45) is 5.10 Å². The van der Waals surface area contributed by atoms with E-state index in [4.69, 9.17) is 4.42 Å². The van der Waals surface area contributed by atoms with E-state index in [9.17, 15) is 30.3 Å². The number of nitro benzene ring substituents is 2. The van der Waals surface area contributed by atoms with Crippen LogP contribution in [0, 0.1) is 30.3 Å². The van der Waals surface area contributed by atoms with Gasteiger partial charge in [0.25, 0.3) is 11.4 Å². The first kappa shape index (κ1) is 18.5. The highest BCUT2D eigenvalue weighted by molar-refractivity contribution is 7.18. The minimum absolute atomic E-state index is 0.0618. The van der Waals surface area contributed by atoms with Gasteiger partial charge in [-0.3, -0.25) is 35.8 Å². The van der Waals surface area contributed by atoms with Gasteiger partial charge in [0.2, 0.25) is 5.13 Å². The van der Waals surface area contributed by atoms with E-state index in [0.717, 1.165) is 29.5 Å². The lowest BCUT2D eigenvalue weighted by molar-refractivity contribution is -0.402. The molecule has 1 N–H and O–H groups in total. The van der Waals surface area contributed by atoms with Gasteiger partial charge < -0.3 is 4.42 Å². The molecule has 0 aliphatic rings. The average molecular weight is 405 g/mol. The molecule has 3 rings (SSSR count). The second-order valence-electron chi connectivity index (χ2n) is 4.93. The number of nitrogens with zero attached hydrogens (tertiary/aromatic N) is 6. The summed E-state index contributed by atoms with van der Waals surface area (Å²) in [6.45, 7) is 0. The van der Waals surface area contributed by atoms with Crippen LogP contribution >= 0.6 is 11.3 Å². The molecule has 1 aromatic carbocycles. The maximum absolute atomic E-state index is 11.2. The zero-order valence-electron chi connectivity index (χ0n) is 13.4. The van der Waals surface area contributed by atoms with E-state index >= 15 is 0 Å². The molecule has 142 valence electrons. The van der Waals surface area contributed by atoms with Crippen LogP contribution < -0.4 is 5.43 Å². The number of rotatable bonds is 7. The number of benzene rings is 1. The summed E-state index contributed by atoms with van der Waals surface area (Å²) in [4.78, 5) is 30.3. The minimum atomic E-state index is -0.751. The van der Waals surface area contributed by atoms with Crippen molar-refractivity contribution in [2.45, 2.75) is 0 Å². The third-order valence-electron chi connectivity index (χ3n) is 3.19. The van der Waals surface area contributed by atoms with E-state index in [-0.39, 0.29) is 21.5 Å². The zero-order valence-corrected chi connectivity index (χ0v) is 14.2. The van der Waals surface area contributed by atoms with Gasteiger partial charge in [0.05, 0.1) is 33.8 Å². The molecule has 0 amide bonds. The Kier molecular flexibility index (Phi) is 4.99. The Morgan fingerprint density at radius 3 is 2.46 bits per heavy atom. The molecule has 0 bridgehead atoms. The zero-order chi connectivity index (χ0) is 20.3. The number of hydrogen-bond donors (Lipinski definition) is 1. The number of aromatic nitrogens is 2. The maximum Gasteiger partial charge on any atom is 0.433 e. The fraction of sp³-hybridized carbons (Fsp3) is 0.